The van der Waals surface area contributed by atoms with Gasteiger partial charge in [0.05, 0.1) is 15.5 Å². The lowest BCUT2D eigenvalue weighted by Crippen LogP contribution is -2.33. The summed E-state index contributed by atoms with van der Waals surface area (Å²) in [6.07, 6.45) is 1.59. The van der Waals surface area contributed by atoms with Gasteiger partial charge in [0.25, 0.3) is 5.91 Å². The topological polar surface area (TPSA) is 83.9 Å². The molecular formula is C19H11Cl2NO5S2. The average Bonchev–Trinajstić information content (AvgIpc) is 2.90. The quantitative estimate of drug-likeness (QED) is 0.300. The second kappa shape index (κ2) is 8.96. The summed E-state index contributed by atoms with van der Waals surface area (Å²) in [5.74, 6) is -1.95. The Morgan fingerprint density at radius 1 is 1.17 bits per heavy atom. The number of esters is 1. The summed E-state index contributed by atoms with van der Waals surface area (Å²) in [5, 5.41) is 9.45. The van der Waals surface area contributed by atoms with Crippen LogP contribution in [0.2, 0.25) is 10.0 Å². The van der Waals surface area contributed by atoms with Gasteiger partial charge in [-0.3, -0.25) is 14.5 Å². The smallest absolute Gasteiger partial charge is 0.345 e. The number of benzene rings is 2. The van der Waals surface area contributed by atoms with Gasteiger partial charge >= 0.3 is 11.9 Å². The van der Waals surface area contributed by atoms with E-state index >= 15 is 0 Å². The van der Waals surface area contributed by atoms with E-state index in [0.717, 1.165) is 16.7 Å². The van der Waals surface area contributed by atoms with Crippen molar-refractivity contribution in [3.63, 3.8) is 0 Å². The van der Waals surface area contributed by atoms with Crippen LogP contribution in [0.1, 0.15) is 15.9 Å². The van der Waals surface area contributed by atoms with Gasteiger partial charge in [-0.25, -0.2) is 4.79 Å². The molecule has 2 aromatic rings. The maximum absolute atomic E-state index is 12.3. The zero-order valence-corrected chi connectivity index (χ0v) is 17.6. The fourth-order valence-corrected chi connectivity index (χ4v) is 4.11. The number of ether oxygens (including phenoxy) is 1. The molecule has 6 nitrogen and oxygen atoms in total. The number of thiocarbonyl (C=S) groups is 1. The molecule has 3 rings (SSSR count). The summed E-state index contributed by atoms with van der Waals surface area (Å²) >= 11 is 17.9. The number of halogens is 2. The maximum Gasteiger partial charge on any atom is 0.345 e. The molecule has 2 aromatic carbocycles. The summed E-state index contributed by atoms with van der Waals surface area (Å²) in [4.78, 5) is 36.7. The first-order valence-electron chi connectivity index (χ1n) is 7.99. The molecule has 0 aromatic heterocycles. The minimum Gasteiger partial charge on any atom is -0.480 e. The largest absolute Gasteiger partial charge is 0.480 e. The molecule has 0 bridgehead atoms. The molecule has 148 valence electrons. The van der Waals surface area contributed by atoms with Gasteiger partial charge in [0.1, 0.15) is 16.6 Å². The van der Waals surface area contributed by atoms with Crippen LogP contribution in [0.15, 0.2) is 47.4 Å². The molecule has 1 amide bonds. The number of carbonyl (C=O) groups excluding carboxylic acids is 2. The highest BCUT2D eigenvalue weighted by Crippen LogP contribution is 2.32. The number of rotatable bonds is 5. The summed E-state index contributed by atoms with van der Waals surface area (Å²) in [6.45, 7) is -0.482. The van der Waals surface area contributed by atoms with Crippen LogP contribution in [0, 0.1) is 0 Å². The molecule has 1 N–H and O–H groups in total. The average molecular weight is 468 g/mol. The second-order valence-electron chi connectivity index (χ2n) is 5.74. The second-order valence-corrected chi connectivity index (χ2v) is 8.26. The van der Waals surface area contributed by atoms with Crippen molar-refractivity contribution in [2.24, 2.45) is 0 Å². The Hall–Kier alpha value is -2.39. The lowest BCUT2D eigenvalue weighted by molar-refractivity contribution is -0.140. The number of amides is 1. The number of carboxylic acids is 1. The minimum absolute atomic E-state index is 0.183. The van der Waals surface area contributed by atoms with Gasteiger partial charge in [0.2, 0.25) is 0 Å². The normalized spacial score (nSPS) is 15.1. The first-order valence-corrected chi connectivity index (χ1v) is 9.97. The molecule has 0 saturated carbocycles. The molecule has 1 saturated heterocycles. The lowest BCUT2D eigenvalue weighted by atomic mass is 10.2. The summed E-state index contributed by atoms with van der Waals surface area (Å²) in [5.41, 5.74) is 0.840. The zero-order valence-electron chi connectivity index (χ0n) is 14.4. The molecular weight excluding hydrogens is 457 g/mol. The summed E-state index contributed by atoms with van der Waals surface area (Å²) < 4.78 is 5.48. The van der Waals surface area contributed by atoms with E-state index in [0.29, 0.717) is 15.5 Å². The standard InChI is InChI=1S/C19H11Cl2NO5S2/c20-11-3-6-13(14(21)8-11)18(26)27-12-4-1-10(2-5-12)7-15-17(25)22(9-16(23)24)19(28)29-15/h1-8H,9H2,(H,23,24)/b15-7+. The van der Waals surface area contributed by atoms with Gasteiger partial charge in [-0.1, -0.05) is 59.3 Å². The lowest BCUT2D eigenvalue weighted by Gasteiger charge is -2.10. The molecule has 10 heteroatoms. The number of hydrogen-bond donors (Lipinski definition) is 1. The Bertz CT molecular complexity index is 1050. The van der Waals surface area contributed by atoms with E-state index in [4.69, 9.17) is 45.3 Å². The highest BCUT2D eigenvalue weighted by Gasteiger charge is 2.33. The number of carboxylic acid groups (broad SMARTS) is 1. The van der Waals surface area contributed by atoms with Gasteiger partial charge in [-0.2, -0.15) is 0 Å². The van der Waals surface area contributed by atoms with Crippen molar-refractivity contribution >= 4 is 75.4 Å². The SMILES string of the molecule is O=C(O)CN1C(=O)/C(=C\c2ccc(OC(=O)c3ccc(Cl)cc3Cl)cc2)SC1=S. The van der Waals surface area contributed by atoms with Gasteiger partial charge in [-0.15, -0.1) is 0 Å². The zero-order chi connectivity index (χ0) is 21.1. The van der Waals surface area contributed by atoms with E-state index in [2.05, 4.69) is 0 Å². The van der Waals surface area contributed by atoms with E-state index in [1.807, 2.05) is 0 Å². The molecule has 1 fully saturated rings. The van der Waals surface area contributed by atoms with Crippen LogP contribution in [0.3, 0.4) is 0 Å². The number of hydrogen-bond acceptors (Lipinski definition) is 6. The predicted molar refractivity (Wildman–Crippen MR) is 115 cm³/mol. The summed E-state index contributed by atoms with van der Waals surface area (Å²) in [6, 6.07) is 10.9. The molecule has 0 unspecified atom stereocenters. The van der Waals surface area contributed by atoms with Gasteiger partial charge in [0, 0.05) is 5.02 Å². The molecule has 1 aliphatic rings. The Balaban J connectivity index is 1.71. The Kier molecular flexibility index (Phi) is 6.59. The van der Waals surface area contributed by atoms with Crippen LogP contribution in [-0.2, 0) is 9.59 Å². The van der Waals surface area contributed by atoms with Gasteiger partial charge in [0.15, 0.2) is 0 Å². The molecule has 29 heavy (non-hydrogen) atoms. The van der Waals surface area contributed by atoms with Crippen LogP contribution in [0.25, 0.3) is 6.08 Å². The van der Waals surface area contributed by atoms with Crippen LogP contribution in [0.4, 0.5) is 0 Å². The summed E-state index contributed by atoms with van der Waals surface area (Å²) in [7, 11) is 0. The van der Waals surface area contributed by atoms with Gasteiger partial charge in [-0.05, 0) is 42.0 Å². The van der Waals surface area contributed by atoms with E-state index < -0.39 is 24.4 Å². The number of thioether (sulfide) groups is 1. The molecule has 0 atom stereocenters. The Labute approximate surface area is 185 Å². The fraction of sp³-hybridized carbons (Fsp3) is 0.0526. The molecule has 0 spiro atoms. The monoisotopic (exact) mass is 467 g/mol. The molecule has 1 heterocycles. The Morgan fingerprint density at radius 2 is 1.86 bits per heavy atom. The van der Waals surface area contributed by atoms with E-state index in [-0.39, 0.29) is 20.7 Å². The predicted octanol–water partition coefficient (Wildman–Crippen LogP) is 4.50. The first kappa shape index (κ1) is 21.3. The van der Waals surface area contributed by atoms with Crippen LogP contribution < -0.4 is 4.74 Å². The van der Waals surface area contributed by atoms with E-state index in [1.54, 1.807) is 30.3 Å². The highest BCUT2D eigenvalue weighted by molar-refractivity contribution is 8.26. The van der Waals surface area contributed by atoms with Crippen LogP contribution in [0.5, 0.6) is 5.75 Å². The third-order valence-corrected chi connectivity index (χ3v) is 5.63. The minimum atomic E-state index is -1.14. The van der Waals surface area contributed by atoms with Crippen molar-refractivity contribution in [1.29, 1.82) is 0 Å². The van der Waals surface area contributed by atoms with Crippen LogP contribution >= 0.6 is 47.2 Å². The molecule has 1 aliphatic heterocycles. The third kappa shape index (κ3) is 5.16. The van der Waals surface area contributed by atoms with E-state index in [1.165, 1.54) is 18.2 Å². The van der Waals surface area contributed by atoms with Crippen LogP contribution in [-0.4, -0.2) is 38.7 Å². The number of aliphatic carboxylic acids is 1. The third-order valence-electron chi connectivity index (χ3n) is 3.71. The Morgan fingerprint density at radius 3 is 2.48 bits per heavy atom. The van der Waals surface area contributed by atoms with Crippen molar-refractivity contribution in [3.8, 4) is 5.75 Å². The van der Waals surface area contributed by atoms with Crippen molar-refractivity contribution in [3.05, 3.63) is 68.5 Å². The fourth-order valence-electron chi connectivity index (χ4n) is 2.37. The number of carbonyl (C=O) groups is 3. The van der Waals surface area contributed by atoms with Crippen molar-refractivity contribution in [2.75, 3.05) is 6.54 Å². The first-order chi connectivity index (χ1) is 13.7. The maximum atomic E-state index is 12.3. The van der Waals surface area contributed by atoms with Gasteiger partial charge < -0.3 is 9.84 Å². The molecule has 0 radical (unpaired) electrons. The highest BCUT2D eigenvalue weighted by atomic mass is 35.5. The van der Waals surface area contributed by atoms with E-state index in [9.17, 15) is 14.4 Å². The van der Waals surface area contributed by atoms with Crippen molar-refractivity contribution in [2.45, 2.75) is 0 Å². The van der Waals surface area contributed by atoms with Crippen molar-refractivity contribution in [1.82, 2.24) is 4.90 Å². The number of nitrogens with zero attached hydrogens (tertiary/aromatic N) is 1. The van der Waals surface area contributed by atoms with Crippen molar-refractivity contribution < 1.29 is 24.2 Å². The molecule has 0 aliphatic carbocycles.